The zero-order valence-electron chi connectivity index (χ0n) is 13.7. The normalized spacial score (nSPS) is 15.5. The van der Waals surface area contributed by atoms with Crippen LogP contribution in [0.5, 0.6) is 5.75 Å². The van der Waals surface area contributed by atoms with Gasteiger partial charge in [0.1, 0.15) is 17.3 Å². The van der Waals surface area contributed by atoms with Gasteiger partial charge in [-0.1, -0.05) is 11.2 Å². The zero-order valence-corrected chi connectivity index (χ0v) is 13.7. The highest BCUT2D eigenvalue weighted by Gasteiger charge is 2.25. The number of nitrogens with zero attached hydrogens (tertiary/aromatic N) is 2. The van der Waals surface area contributed by atoms with Crippen molar-refractivity contribution in [2.24, 2.45) is 5.92 Å². The Kier molecular flexibility index (Phi) is 5.13. The van der Waals surface area contributed by atoms with Gasteiger partial charge in [-0.15, -0.1) is 0 Å². The molecule has 0 aliphatic carbocycles. The van der Waals surface area contributed by atoms with E-state index >= 15 is 0 Å². The van der Waals surface area contributed by atoms with Gasteiger partial charge in [-0.05, 0) is 44.2 Å². The summed E-state index contributed by atoms with van der Waals surface area (Å²) in [6, 6.07) is 7.85. The van der Waals surface area contributed by atoms with Gasteiger partial charge in [0.05, 0.1) is 6.61 Å². The van der Waals surface area contributed by atoms with Crippen LogP contribution in [0.4, 0.5) is 4.39 Å². The molecule has 5 nitrogen and oxygen atoms in total. The molecule has 1 saturated heterocycles. The SMILES string of the molecule is Cc1cc(C(=O)N2CCC(CCOc3cccc(F)c3)CC2)no1. The molecule has 0 unspecified atom stereocenters. The van der Waals surface area contributed by atoms with Gasteiger partial charge < -0.3 is 14.2 Å². The molecule has 3 rings (SSSR count). The van der Waals surface area contributed by atoms with Gasteiger partial charge in [0.2, 0.25) is 0 Å². The summed E-state index contributed by atoms with van der Waals surface area (Å²) < 4.78 is 23.6. The van der Waals surface area contributed by atoms with Crippen LogP contribution in [-0.4, -0.2) is 35.7 Å². The third-order valence-electron chi connectivity index (χ3n) is 4.34. The van der Waals surface area contributed by atoms with E-state index in [0.717, 1.165) is 32.4 Å². The van der Waals surface area contributed by atoms with Gasteiger partial charge in [-0.3, -0.25) is 4.79 Å². The van der Waals surface area contributed by atoms with Crippen LogP contribution >= 0.6 is 0 Å². The van der Waals surface area contributed by atoms with Crippen molar-refractivity contribution in [3.8, 4) is 5.75 Å². The van der Waals surface area contributed by atoms with Crippen molar-refractivity contribution in [3.05, 3.63) is 47.6 Å². The molecule has 0 radical (unpaired) electrons. The Morgan fingerprint density at radius 2 is 2.17 bits per heavy atom. The van der Waals surface area contributed by atoms with Crippen molar-refractivity contribution in [1.82, 2.24) is 10.1 Å². The molecule has 0 N–H and O–H groups in total. The number of ether oxygens (including phenoxy) is 1. The molecule has 0 atom stereocenters. The van der Waals surface area contributed by atoms with Gasteiger partial charge >= 0.3 is 0 Å². The molecule has 1 aliphatic heterocycles. The number of aryl methyl sites for hydroxylation is 1. The highest BCUT2D eigenvalue weighted by atomic mass is 19.1. The number of hydrogen-bond donors (Lipinski definition) is 0. The second-order valence-electron chi connectivity index (χ2n) is 6.15. The lowest BCUT2D eigenvalue weighted by atomic mass is 9.94. The largest absolute Gasteiger partial charge is 0.493 e. The average Bonchev–Trinajstić information content (AvgIpc) is 3.01. The summed E-state index contributed by atoms with van der Waals surface area (Å²) in [7, 11) is 0. The Bertz CT molecular complexity index is 693. The van der Waals surface area contributed by atoms with E-state index < -0.39 is 0 Å². The molecule has 6 heteroatoms. The van der Waals surface area contributed by atoms with Gasteiger partial charge in [-0.2, -0.15) is 0 Å². The summed E-state index contributed by atoms with van der Waals surface area (Å²) in [6.07, 6.45) is 2.78. The molecule has 0 bridgehead atoms. The lowest BCUT2D eigenvalue weighted by Gasteiger charge is -2.31. The predicted molar refractivity (Wildman–Crippen MR) is 86.4 cm³/mol. The fourth-order valence-electron chi connectivity index (χ4n) is 2.95. The smallest absolute Gasteiger partial charge is 0.276 e. The molecule has 2 aromatic rings. The van der Waals surface area contributed by atoms with Crippen molar-refractivity contribution in [3.63, 3.8) is 0 Å². The maximum absolute atomic E-state index is 13.1. The maximum atomic E-state index is 13.1. The Labute approximate surface area is 140 Å². The number of carbonyl (C=O) groups is 1. The first-order chi connectivity index (χ1) is 11.6. The van der Waals surface area contributed by atoms with E-state index in [1.165, 1.54) is 12.1 Å². The first kappa shape index (κ1) is 16.5. The van der Waals surface area contributed by atoms with Crippen LogP contribution in [-0.2, 0) is 0 Å². The fraction of sp³-hybridized carbons (Fsp3) is 0.444. The number of halogens is 1. The van der Waals surface area contributed by atoms with Crippen LogP contribution in [0.15, 0.2) is 34.9 Å². The highest BCUT2D eigenvalue weighted by molar-refractivity contribution is 5.92. The van der Waals surface area contributed by atoms with E-state index in [2.05, 4.69) is 5.16 Å². The summed E-state index contributed by atoms with van der Waals surface area (Å²) in [4.78, 5) is 14.1. The van der Waals surface area contributed by atoms with E-state index in [1.807, 2.05) is 4.90 Å². The van der Waals surface area contributed by atoms with Crippen molar-refractivity contribution >= 4 is 5.91 Å². The molecule has 24 heavy (non-hydrogen) atoms. The lowest BCUT2D eigenvalue weighted by molar-refractivity contribution is 0.0669. The molecule has 1 aliphatic rings. The van der Waals surface area contributed by atoms with E-state index in [0.29, 0.717) is 29.7 Å². The van der Waals surface area contributed by atoms with Crippen molar-refractivity contribution in [2.45, 2.75) is 26.2 Å². The quantitative estimate of drug-likeness (QED) is 0.841. The highest BCUT2D eigenvalue weighted by Crippen LogP contribution is 2.22. The van der Waals surface area contributed by atoms with Gasteiger partial charge in [0.15, 0.2) is 5.69 Å². The topological polar surface area (TPSA) is 55.6 Å². The Balaban J connectivity index is 1.41. The Morgan fingerprint density at radius 1 is 1.38 bits per heavy atom. The van der Waals surface area contributed by atoms with E-state index in [-0.39, 0.29) is 11.7 Å². The minimum absolute atomic E-state index is 0.0682. The molecule has 1 amide bonds. The molecule has 2 heterocycles. The summed E-state index contributed by atoms with van der Waals surface area (Å²) in [5, 5.41) is 3.78. The summed E-state index contributed by atoms with van der Waals surface area (Å²) >= 11 is 0. The summed E-state index contributed by atoms with van der Waals surface area (Å²) in [5.74, 6) is 1.36. The molecule has 1 fully saturated rings. The van der Waals surface area contributed by atoms with Crippen molar-refractivity contribution in [1.29, 1.82) is 0 Å². The number of hydrogen-bond acceptors (Lipinski definition) is 4. The van der Waals surface area contributed by atoms with E-state index in [4.69, 9.17) is 9.26 Å². The third-order valence-corrected chi connectivity index (χ3v) is 4.34. The van der Waals surface area contributed by atoms with Gasteiger partial charge in [0, 0.05) is 25.2 Å². The third kappa shape index (κ3) is 4.13. The van der Waals surface area contributed by atoms with Crippen LogP contribution in [0.1, 0.15) is 35.5 Å². The number of rotatable bonds is 5. The van der Waals surface area contributed by atoms with E-state index in [9.17, 15) is 9.18 Å². The second kappa shape index (κ2) is 7.47. The molecular weight excluding hydrogens is 311 g/mol. The van der Waals surface area contributed by atoms with Crippen molar-refractivity contribution < 1.29 is 18.4 Å². The van der Waals surface area contributed by atoms with Crippen LogP contribution in [0.2, 0.25) is 0 Å². The number of amides is 1. The molecule has 0 saturated carbocycles. The van der Waals surface area contributed by atoms with Gasteiger partial charge in [-0.25, -0.2) is 4.39 Å². The minimum Gasteiger partial charge on any atom is -0.493 e. The lowest BCUT2D eigenvalue weighted by Crippen LogP contribution is -2.38. The predicted octanol–water partition coefficient (Wildman–Crippen LogP) is 3.44. The fourth-order valence-corrected chi connectivity index (χ4v) is 2.95. The molecule has 128 valence electrons. The number of carbonyl (C=O) groups excluding carboxylic acids is 1. The summed E-state index contributed by atoms with van der Waals surface area (Å²) in [5.41, 5.74) is 0.375. The second-order valence-corrected chi connectivity index (χ2v) is 6.15. The molecular formula is C18H21FN2O3. The Morgan fingerprint density at radius 3 is 2.83 bits per heavy atom. The molecule has 1 aromatic heterocycles. The number of aromatic nitrogens is 1. The first-order valence-corrected chi connectivity index (χ1v) is 8.23. The number of piperidine rings is 1. The first-order valence-electron chi connectivity index (χ1n) is 8.23. The number of likely N-dealkylation sites (tertiary alicyclic amines) is 1. The zero-order chi connectivity index (χ0) is 16.9. The van der Waals surface area contributed by atoms with Gasteiger partial charge in [0.25, 0.3) is 5.91 Å². The van der Waals surface area contributed by atoms with Crippen LogP contribution in [0.3, 0.4) is 0 Å². The standard InChI is InChI=1S/C18H21FN2O3/c1-13-11-17(20-24-13)18(22)21-8-5-14(6-9-21)7-10-23-16-4-2-3-15(19)12-16/h2-4,11-12,14H,5-10H2,1H3. The molecule has 1 aromatic carbocycles. The average molecular weight is 332 g/mol. The van der Waals surface area contributed by atoms with Crippen LogP contribution < -0.4 is 4.74 Å². The monoisotopic (exact) mass is 332 g/mol. The molecule has 0 spiro atoms. The van der Waals surface area contributed by atoms with Crippen LogP contribution in [0, 0.1) is 18.7 Å². The van der Waals surface area contributed by atoms with Crippen LogP contribution in [0.25, 0.3) is 0 Å². The Hall–Kier alpha value is -2.37. The summed E-state index contributed by atoms with van der Waals surface area (Å²) in [6.45, 7) is 3.77. The van der Waals surface area contributed by atoms with E-state index in [1.54, 1.807) is 25.1 Å². The van der Waals surface area contributed by atoms with Crippen molar-refractivity contribution in [2.75, 3.05) is 19.7 Å². The minimum atomic E-state index is -0.289. The maximum Gasteiger partial charge on any atom is 0.276 e. The number of benzene rings is 1.